The average molecular weight is 224 g/mol. The zero-order chi connectivity index (χ0) is 12.0. The fourth-order valence-corrected chi connectivity index (χ4v) is 1.39. The Labute approximate surface area is 94.8 Å². The molecular weight excluding hydrogens is 208 g/mol. The summed E-state index contributed by atoms with van der Waals surface area (Å²) in [5, 5.41) is 9.85. The van der Waals surface area contributed by atoms with E-state index in [1.165, 1.54) is 7.11 Å². The van der Waals surface area contributed by atoms with E-state index in [2.05, 4.69) is 4.74 Å². The molecule has 0 unspecified atom stereocenters. The van der Waals surface area contributed by atoms with E-state index in [9.17, 15) is 9.90 Å². The molecule has 0 saturated heterocycles. The molecule has 0 aliphatic heterocycles. The van der Waals surface area contributed by atoms with E-state index in [0.29, 0.717) is 17.9 Å². The number of rotatable bonds is 5. The molecule has 0 radical (unpaired) electrons. The maximum Gasteiger partial charge on any atom is 0.308 e. The number of hydrogen-bond acceptors (Lipinski definition) is 4. The summed E-state index contributed by atoms with van der Waals surface area (Å²) in [6.45, 7) is 2.38. The van der Waals surface area contributed by atoms with Crippen LogP contribution >= 0.6 is 0 Å². The number of para-hydroxylation sites is 1. The van der Waals surface area contributed by atoms with E-state index < -0.39 is 12.1 Å². The molecule has 4 heteroatoms. The standard InChI is InChI=1S/C12H16O4/c1-3-16-11-7-5-4-6-9(11)10(13)8-12(14)15-2/h4-7,10,13H,3,8H2,1-2H3/t10-/m1/s1. The van der Waals surface area contributed by atoms with Gasteiger partial charge in [-0.25, -0.2) is 0 Å². The van der Waals surface area contributed by atoms with Crippen molar-refractivity contribution in [2.24, 2.45) is 0 Å². The molecule has 4 nitrogen and oxygen atoms in total. The highest BCUT2D eigenvalue weighted by molar-refractivity contribution is 5.70. The van der Waals surface area contributed by atoms with Gasteiger partial charge in [-0.2, -0.15) is 0 Å². The first-order chi connectivity index (χ1) is 7.69. The van der Waals surface area contributed by atoms with Crippen LogP contribution < -0.4 is 4.74 Å². The van der Waals surface area contributed by atoms with E-state index in [4.69, 9.17) is 4.74 Å². The van der Waals surface area contributed by atoms with Gasteiger partial charge in [-0.15, -0.1) is 0 Å². The van der Waals surface area contributed by atoms with E-state index in [1.807, 2.05) is 13.0 Å². The van der Waals surface area contributed by atoms with Crippen LogP contribution in [0, 0.1) is 0 Å². The lowest BCUT2D eigenvalue weighted by Gasteiger charge is -2.14. The second kappa shape index (κ2) is 6.12. The Hall–Kier alpha value is -1.55. The first-order valence-electron chi connectivity index (χ1n) is 5.15. The molecular formula is C12H16O4. The second-order valence-electron chi connectivity index (χ2n) is 3.27. The number of aliphatic hydroxyl groups is 1. The molecule has 0 heterocycles. The van der Waals surface area contributed by atoms with Gasteiger partial charge in [-0.05, 0) is 13.0 Å². The largest absolute Gasteiger partial charge is 0.493 e. The zero-order valence-electron chi connectivity index (χ0n) is 9.47. The van der Waals surface area contributed by atoms with Crippen molar-refractivity contribution in [2.75, 3.05) is 13.7 Å². The fraction of sp³-hybridized carbons (Fsp3) is 0.417. The van der Waals surface area contributed by atoms with Gasteiger partial charge in [0.05, 0.1) is 26.2 Å². The molecule has 0 bridgehead atoms. The number of esters is 1. The molecule has 0 spiro atoms. The lowest BCUT2D eigenvalue weighted by Crippen LogP contribution is -2.09. The monoisotopic (exact) mass is 224 g/mol. The van der Waals surface area contributed by atoms with Crippen LogP contribution in [0.5, 0.6) is 5.75 Å². The van der Waals surface area contributed by atoms with Crippen molar-refractivity contribution in [1.82, 2.24) is 0 Å². The van der Waals surface area contributed by atoms with E-state index >= 15 is 0 Å². The molecule has 0 fully saturated rings. The summed E-state index contributed by atoms with van der Waals surface area (Å²) in [5.74, 6) is 0.153. The van der Waals surface area contributed by atoms with Crippen molar-refractivity contribution in [1.29, 1.82) is 0 Å². The Bertz CT molecular complexity index is 349. The predicted octanol–water partition coefficient (Wildman–Crippen LogP) is 1.68. The highest BCUT2D eigenvalue weighted by Gasteiger charge is 2.16. The summed E-state index contributed by atoms with van der Waals surface area (Å²) in [7, 11) is 1.30. The van der Waals surface area contributed by atoms with Gasteiger partial charge >= 0.3 is 5.97 Å². The van der Waals surface area contributed by atoms with Crippen molar-refractivity contribution in [3.05, 3.63) is 29.8 Å². The van der Waals surface area contributed by atoms with Gasteiger partial charge in [0.15, 0.2) is 0 Å². The first-order valence-corrected chi connectivity index (χ1v) is 5.15. The smallest absolute Gasteiger partial charge is 0.308 e. The highest BCUT2D eigenvalue weighted by atomic mass is 16.5. The number of benzene rings is 1. The normalized spacial score (nSPS) is 11.9. The van der Waals surface area contributed by atoms with Crippen LogP contribution in [0.2, 0.25) is 0 Å². The lowest BCUT2D eigenvalue weighted by atomic mass is 10.1. The Morgan fingerprint density at radius 2 is 2.12 bits per heavy atom. The lowest BCUT2D eigenvalue weighted by molar-refractivity contribution is -0.142. The van der Waals surface area contributed by atoms with Gasteiger partial charge in [0.2, 0.25) is 0 Å². The maximum atomic E-state index is 11.0. The summed E-state index contributed by atoms with van der Waals surface area (Å²) in [6, 6.07) is 7.11. The molecule has 0 saturated carbocycles. The molecule has 1 N–H and O–H groups in total. The molecule has 1 rings (SSSR count). The third kappa shape index (κ3) is 3.24. The van der Waals surface area contributed by atoms with Crippen LogP contribution in [0.3, 0.4) is 0 Å². The molecule has 0 amide bonds. The maximum absolute atomic E-state index is 11.0. The zero-order valence-corrected chi connectivity index (χ0v) is 9.47. The second-order valence-corrected chi connectivity index (χ2v) is 3.27. The van der Waals surface area contributed by atoms with Crippen molar-refractivity contribution in [3.63, 3.8) is 0 Å². The summed E-state index contributed by atoms with van der Waals surface area (Å²) in [4.78, 5) is 11.0. The molecule has 0 aromatic heterocycles. The van der Waals surface area contributed by atoms with E-state index in [0.717, 1.165) is 0 Å². The average Bonchev–Trinajstić information content (AvgIpc) is 2.30. The molecule has 1 atom stereocenters. The predicted molar refractivity (Wildman–Crippen MR) is 59.2 cm³/mol. The Kier molecular flexibility index (Phi) is 4.79. The van der Waals surface area contributed by atoms with Crippen LogP contribution in [0.15, 0.2) is 24.3 Å². The van der Waals surface area contributed by atoms with Crippen molar-refractivity contribution < 1.29 is 19.4 Å². The Balaban J connectivity index is 2.81. The number of carbonyl (C=O) groups is 1. The van der Waals surface area contributed by atoms with Gasteiger partial charge in [0, 0.05) is 5.56 Å². The minimum atomic E-state index is -0.893. The highest BCUT2D eigenvalue weighted by Crippen LogP contribution is 2.27. The van der Waals surface area contributed by atoms with Crippen molar-refractivity contribution in [2.45, 2.75) is 19.4 Å². The van der Waals surface area contributed by atoms with Crippen molar-refractivity contribution >= 4 is 5.97 Å². The summed E-state index contributed by atoms with van der Waals surface area (Å²) >= 11 is 0. The Morgan fingerprint density at radius 3 is 2.75 bits per heavy atom. The van der Waals surface area contributed by atoms with Crippen LogP contribution in [0.25, 0.3) is 0 Å². The van der Waals surface area contributed by atoms with E-state index in [1.54, 1.807) is 18.2 Å². The van der Waals surface area contributed by atoms with Gasteiger partial charge in [0.25, 0.3) is 0 Å². The third-order valence-corrected chi connectivity index (χ3v) is 2.17. The summed E-state index contributed by atoms with van der Waals surface area (Å²) < 4.78 is 9.86. The van der Waals surface area contributed by atoms with E-state index in [-0.39, 0.29) is 6.42 Å². The minimum absolute atomic E-state index is 0.0689. The minimum Gasteiger partial charge on any atom is -0.493 e. The molecule has 1 aromatic rings. The Morgan fingerprint density at radius 1 is 1.44 bits per heavy atom. The molecule has 88 valence electrons. The molecule has 0 aliphatic carbocycles. The number of carbonyl (C=O) groups excluding carboxylic acids is 1. The SMILES string of the molecule is CCOc1ccccc1[C@H](O)CC(=O)OC. The van der Waals surface area contributed by atoms with Gasteiger partial charge < -0.3 is 14.6 Å². The number of ether oxygens (including phenoxy) is 2. The third-order valence-electron chi connectivity index (χ3n) is 2.17. The summed E-state index contributed by atoms with van der Waals surface area (Å²) in [5.41, 5.74) is 0.606. The number of hydrogen-bond donors (Lipinski definition) is 1. The van der Waals surface area contributed by atoms with Gasteiger partial charge in [-0.1, -0.05) is 18.2 Å². The quantitative estimate of drug-likeness (QED) is 0.773. The number of aliphatic hydroxyl groups excluding tert-OH is 1. The van der Waals surface area contributed by atoms with Crippen LogP contribution in [0.1, 0.15) is 25.0 Å². The molecule has 0 aliphatic rings. The van der Waals surface area contributed by atoms with Crippen LogP contribution in [-0.2, 0) is 9.53 Å². The van der Waals surface area contributed by atoms with Gasteiger partial charge in [0.1, 0.15) is 5.75 Å². The van der Waals surface area contributed by atoms with Crippen molar-refractivity contribution in [3.8, 4) is 5.75 Å². The fourth-order valence-electron chi connectivity index (χ4n) is 1.39. The molecule has 1 aromatic carbocycles. The van der Waals surface area contributed by atoms with Gasteiger partial charge in [-0.3, -0.25) is 4.79 Å². The van der Waals surface area contributed by atoms with Crippen LogP contribution in [-0.4, -0.2) is 24.8 Å². The molecule has 16 heavy (non-hydrogen) atoms. The first kappa shape index (κ1) is 12.5. The topological polar surface area (TPSA) is 55.8 Å². The van der Waals surface area contributed by atoms with Crippen LogP contribution in [0.4, 0.5) is 0 Å². The number of methoxy groups -OCH3 is 1. The summed E-state index contributed by atoms with van der Waals surface area (Å²) in [6.07, 6.45) is -0.962.